The van der Waals surface area contributed by atoms with Crippen molar-refractivity contribution in [3.63, 3.8) is 0 Å². The number of hydrogen-bond acceptors (Lipinski definition) is 5. The summed E-state index contributed by atoms with van der Waals surface area (Å²) in [6, 6.07) is 11.4. The second-order valence-corrected chi connectivity index (χ2v) is 7.95. The minimum atomic E-state index is 0.259. The third kappa shape index (κ3) is 4.03. The molecule has 2 fully saturated rings. The highest BCUT2D eigenvalue weighted by Gasteiger charge is 2.42. The standard InChI is InChI=1S/C22H28N2O3/c1-15(16-5-7-19(25)8-6-16)12-24-13-17-10-20(11-18(17)14-24)27-21-4-3-9-23-22(21)26-2/h3-9,15,17-18,20,25H,10-14H2,1-2H3/t15?,17-,18+,20+. The van der Waals surface area contributed by atoms with E-state index in [2.05, 4.69) is 16.8 Å². The molecule has 1 N–H and O–H groups in total. The Labute approximate surface area is 160 Å². The molecule has 5 nitrogen and oxygen atoms in total. The predicted molar refractivity (Wildman–Crippen MR) is 104 cm³/mol. The van der Waals surface area contributed by atoms with Crippen LogP contribution < -0.4 is 9.47 Å². The van der Waals surface area contributed by atoms with E-state index in [4.69, 9.17) is 9.47 Å². The summed E-state index contributed by atoms with van der Waals surface area (Å²) in [6.07, 6.45) is 4.19. The Morgan fingerprint density at radius 3 is 2.52 bits per heavy atom. The van der Waals surface area contributed by atoms with E-state index in [0.29, 0.717) is 29.4 Å². The lowest BCUT2D eigenvalue weighted by molar-refractivity contribution is 0.176. The highest BCUT2D eigenvalue weighted by molar-refractivity contribution is 5.32. The average molecular weight is 368 g/mol. The fraction of sp³-hybridized carbons (Fsp3) is 0.500. The number of benzene rings is 1. The molecule has 4 atom stereocenters. The first-order chi connectivity index (χ1) is 13.1. The van der Waals surface area contributed by atoms with Gasteiger partial charge < -0.3 is 19.5 Å². The highest BCUT2D eigenvalue weighted by atomic mass is 16.5. The quantitative estimate of drug-likeness (QED) is 0.843. The molecule has 2 heterocycles. The number of pyridine rings is 1. The minimum absolute atomic E-state index is 0.259. The summed E-state index contributed by atoms with van der Waals surface area (Å²) in [4.78, 5) is 6.81. The molecule has 1 aliphatic carbocycles. The molecule has 1 unspecified atom stereocenters. The number of nitrogens with zero attached hydrogens (tertiary/aromatic N) is 2. The fourth-order valence-corrected chi connectivity index (χ4v) is 4.68. The molecule has 2 aliphatic rings. The number of ether oxygens (including phenoxy) is 2. The maximum absolute atomic E-state index is 9.46. The Hall–Kier alpha value is -2.27. The van der Waals surface area contributed by atoms with Crippen LogP contribution in [0.1, 0.15) is 31.2 Å². The molecule has 1 saturated carbocycles. The van der Waals surface area contributed by atoms with Crippen LogP contribution in [0.3, 0.4) is 0 Å². The van der Waals surface area contributed by atoms with Gasteiger partial charge >= 0.3 is 0 Å². The van der Waals surface area contributed by atoms with Gasteiger partial charge in [-0.15, -0.1) is 0 Å². The van der Waals surface area contributed by atoms with Crippen LogP contribution in [0.15, 0.2) is 42.6 Å². The summed E-state index contributed by atoms with van der Waals surface area (Å²) < 4.78 is 11.5. The third-order valence-corrected chi connectivity index (χ3v) is 6.00. The lowest BCUT2D eigenvalue weighted by atomic mass is 10.0. The van der Waals surface area contributed by atoms with Crippen molar-refractivity contribution in [3.05, 3.63) is 48.2 Å². The van der Waals surface area contributed by atoms with Gasteiger partial charge in [-0.25, -0.2) is 4.98 Å². The summed E-state index contributed by atoms with van der Waals surface area (Å²) in [7, 11) is 1.63. The first-order valence-electron chi connectivity index (χ1n) is 9.79. The molecule has 0 spiro atoms. The van der Waals surface area contributed by atoms with Crippen LogP contribution in [0, 0.1) is 11.8 Å². The fourth-order valence-electron chi connectivity index (χ4n) is 4.68. The number of rotatable bonds is 6. The van der Waals surface area contributed by atoms with E-state index in [1.165, 1.54) is 5.56 Å². The van der Waals surface area contributed by atoms with Crippen molar-refractivity contribution >= 4 is 0 Å². The summed E-state index contributed by atoms with van der Waals surface area (Å²) in [5, 5.41) is 9.46. The van der Waals surface area contributed by atoms with Gasteiger partial charge in [-0.3, -0.25) is 0 Å². The Bertz CT molecular complexity index is 750. The largest absolute Gasteiger partial charge is 0.508 e. The lowest BCUT2D eigenvalue weighted by Crippen LogP contribution is -2.28. The van der Waals surface area contributed by atoms with E-state index in [0.717, 1.165) is 38.2 Å². The molecular weight excluding hydrogens is 340 g/mol. The smallest absolute Gasteiger partial charge is 0.256 e. The zero-order valence-corrected chi connectivity index (χ0v) is 16.0. The van der Waals surface area contributed by atoms with Crippen LogP contribution in [0.2, 0.25) is 0 Å². The van der Waals surface area contributed by atoms with Crippen molar-refractivity contribution in [2.75, 3.05) is 26.7 Å². The Balaban J connectivity index is 1.30. The lowest BCUT2D eigenvalue weighted by Gasteiger charge is -2.23. The summed E-state index contributed by atoms with van der Waals surface area (Å²) in [5.41, 5.74) is 1.29. The molecular formula is C22H28N2O3. The summed E-state index contributed by atoms with van der Waals surface area (Å²) in [5.74, 6) is 3.55. The average Bonchev–Trinajstić information content (AvgIpc) is 3.20. The van der Waals surface area contributed by atoms with E-state index in [9.17, 15) is 5.11 Å². The Kier molecular flexibility index (Phi) is 5.21. The second-order valence-electron chi connectivity index (χ2n) is 7.95. The normalized spacial score (nSPS) is 25.9. The Morgan fingerprint density at radius 2 is 1.85 bits per heavy atom. The zero-order chi connectivity index (χ0) is 18.8. The maximum atomic E-state index is 9.46. The van der Waals surface area contributed by atoms with Crippen LogP contribution in [0.5, 0.6) is 17.4 Å². The van der Waals surface area contributed by atoms with E-state index >= 15 is 0 Å². The van der Waals surface area contributed by atoms with Crippen molar-refractivity contribution < 1.29 is 14.6 Å². The van der Waals surface area contributed by atoms with Crippen LogP contribution in [0.4, 0.5) is 0 Å². The van der Waals surface area contributed by atoms with Gasteiger partial charge in [0.2, 0.25) is 0 Å². The van der Waals surface area contributed by atoms with Gasteiger partial charge in [0.05, 0.1) is 13.2 Å². The van der Waals surface area contributed by atoms with Crippen LogP contribution in [-0.2, 0) is 0 Å². The molecule has 27 heavy (non-hydrogen) atoms. The number of likely N-dealkylation sites (tertiary alicyclic amines) is 1. The molecule has 0 bridgehead atoms. The number of phenolic OH excluding ortho intramolecular Hbond substituents is 1. The topological polar surface area (TPSA) is 54.8 Å². The van der Waals surface area contributed by atoms with Gasteiger partial charge in [-0.1, -0.05) is 19.1 Å². The van der Waals surface area contributed by atoms with Crippen LogP contribution >= 0.6 is 0 Å². The monoisotopic (exact) mass is 368 g/mol. The first-order valence-corrected chi connectivity index (χ1v) is 9.79. The minimum Gasteiger partial charge on any atom is -0.508 e. The number of aromatic hydroxyl groups is 1. The van der Waals surface area contributed by atoms with Gasteiger partial charge in [0.25, 0.3) is 5.88 Å². The van der Waals surface area contributed by atoms with Gasteiger partial charge in [0.1, 0.15) is 5.75 Å². The number of aromatic nitrogens is 1. The van der Waals surface area contributed by atoms with Crippen molar-refractivity contribution in [2.45, 2.75) is 31.8 Å². The van der Waals surface area contributed by atoms with E-state index in [-0.39, 0.29) is 6.10 Å². The predicted octanol–water partition coefficient (Wildman–Crippen LogP) is 3.69. The third-order valence-electron chi connectivity index (χ3n) is 6.00. The van der Waals surface area contributed by atoms with Crippen LogP contribution in [0.25, 0.3) is 0 Å². The van der Waals surface area contributed by atoms with Crippen molar-refractivity contribution in [1.82, 2.24) is 9.88 Å². The molecule has 5 heteroatoms. The zero-order valence-electron chi connectivity index (χ0n) is 16.0. The van der Waals surface area contributed by atoms with E-state index in [1.54, 1.807) is 25.4 Å². The SMILES string of the molecule is COc1ncccc1O[C@H]1C[C@@H]2CN(CC(C)c3ccc(O)cc3)C[C@@H]2C1. The van der Waals surface area contributed by atoms with Gasteiger partial charge in [-0.2, -0.15) is 0 Å². The van der Waals surface area contributed by atoms with E-state index < -0.39 is 0 Å². The molecule has 1 aromatic carbocycles. The van der Waals surface area contributed by atoms with Crippen molar-refractivity contribution in [1.29, 1.82) is 0 Å². The van der Waals surface area contributed by atoms with Gasteiger partial charge in [0, 0.05) is 25.8 Å². The van der Waals surface area contributed by atoms with Crippen molar-refractivity contribution in [3.8, 4) is 17.4 Å². The Morgan fingerprint density at radius 1 is 1.15 bits per heavy atom. The number of hydrogen-bond donors (Lipinski definition) is 1. The van der Waals surface area contributed by atoms with Crippen molar-refractivity contribution in [2.24, 2.45) is 11.8 Å². The molecule has 2 aromatic rings. The molecule has 1 aliphatic heterocycles. The number of fused-ring (bicyclic) bond motifs is 1. The van der Waals surface area contributed by atoms with E-state index in [1.807, 2.05) is 24.3 Å². The number of phenols is 1. The number of methoxy groups -OCH3 is 1. The second kappa shape index (κ2) is 7.77. The van der Waals surface area contributed by atoms with Gasteiger partial charge in [0.15, 0.2) is 5.75 Å². The molecule has 1 aromatic heterocycles. The molecule has 1 saturated heterocycles. The van der Waals surface area contributed by atoms with Crippen LogP contribution in [-0.4, -0.2) is 47.8 Å². The molecule has 4 rings (SSSR count). The van der Waals surface area contributed by atoms with Gasteiger partial charge in [-0.05, 0) is 60.4 Å². The maximum Gasteiger partial charge on any atom is 0.256 e. The first kappa shape index (κ1) is 18.1. The summed E-state index contributed by atoms with van der Waals surface area (Å²) >= 11 is 0. The molecule has 0 radical (unpaired) electrons. The summed E-state index contributed by atoms with van der Waals surface area (Å²) in [6.45, 7) is 5.63. The molecule has 144 valence electrons. The molecule has 0 amide bonds. The highest BCUT2D eigenvalue weighted by Crippen LogP contribution is 2.41.